The minimum Gasteiger partial charge on any atom is -0.259 e. The lowest BCUT2D eigenvalue weighted by atomic mass is 10.1. The molecule has 0 aliphatic carbocycles. The summed E-state index contributed by atoms with van der Waals surface area (Å²) in [7, 11) is 0. The molecule has 0 N–H and O–H groups in total. The normalized spacial score (nSPS) is 11.1. The predicted octanol–water partition coefficient (Wildman–Crippen LogP) is 3.82. The van der Waals surface area contributed by atoms with Crippen LogP contribution in [0.3, 0.4) is 0 Å². The minimum absolute atomic E-state index is 0.0744. The molecule has 0 radical (unpaired) electrons. The summed E-state index contributed by atoms with van der Waals surface area (Å²) >= 11 is 0. The highest BCUT2D eigenvalue weighted by molar-refractivity contribution is 5.84. The van der Waals surface area contributed by atoms with E-state index in [4.69, 9.17) is 0 Å². The van der Waals surface area contributed by atoms with E-state index in [1.54, 1.807) is 6.20 Å². The van der Waals surface area contributed by atoms with E-state index in [0.29, 0.717) is 12.4 Å². The van der Waals surface area contributed by atoms with Crippen molar-refractivity contribution in [2.75, 3.05) is 0 Å². The first kappa shape index (κ1) is 13.7. The number of nitro groups is 1. The van der Waals surface area contributed by atoms with Crippen molar-refractivity contribution < 1.29 is 4.92 Å². The van der Waals surface area contributed by atoms with E-state index in [9.17, 15) is 10.1 Å². The first-order chi connectivity index (χ1) is 10.7. The van der Waals surface area contributed by atoms with Crippen molar-refractivity contribution in [2.45, 2.75) is 6.54 Å². The summed E-state index contributed by atoms with van der Waals surface area (Å²) in [5, 5.41) is 20.7. The van der Waals surface area contributed by atoms with Crippen LogP contribution in [0.1, 0.15) is 5.69 Å². The number of hydrogen-bond acceptors (Lipinski definition) is 6. The molecule has 2 heterocycles. The van der Waals surface area contributed by atoms with Crippen LogP contribution >= 0.6 is 0 Å². The maximum atomic E-state index is 10.5. The number of nitrogens with zero attached hydrogens (tertiary/aromatic N) is 5. The first-order valence-corrected chi connectivity index (χ1v) is 6.54. The zero-order valence-electron chi connectivity index (χ0n) is 11.5. The summed E-state index contributed by atoms with van der Waals surface area (Å²) in [6.07, 6.45) is 2.89. The second kappa shape index (κ2) is 6.04. The highest BCUT2D eigenvalue weighted by Gasteiger charge is 2.05. The number of aromatic nitrogens is 2. The maximum Gasteiger partial charge on any atom is 0.287 e. The van der Waals surface area contributed by atoms with Gasteiger partial charge in [-0.1, -0.05) is 24.3 Å². The Morgan fingerprint density at radius 3 is 2.73 bits per heavy atom. The molecule has 22 heavy (non-hydrogen) atoms. The molecule has 1 aromatic carbocycles. The van der Waals surface area contributed by atoms with E-state index in [-0.39, 0.29) is 5.69 Å². The SMILES string of the molecule is O=[N+]([O-])c1ccc(N=NCc2nccc3ccccc23)nc1. The number of pyridine rings is 2. The molecule has 0 saturated carbocycles. The van der Waals surface area contributed by atoms with Crippen LogP contribution < -0.4 is 0 Å². The van der Waals surface area contributed by atoms with Crippen LogP contribution in [-0.2, 0) is 6.54 Å². The van der Waals surface area contributed by atoms with Crippen LogP contribution in [0.5, 0.6) is 0 Å². The average Bonchev–Trinajstić information content (AvgIpc) is 2.55. The van der Waals surface area contributed by atoms with Crippen molar-refractivity contribution in [1.29, 1.82) is 0 Å². The average molecular weight is 293 g/mol. The molecule has 2 aromatic heterocycles. The lowest BCUT2D eigenvalue weighted by Crippen LogP contribution is -1.89. The van der Waals surface area contributed by atoms with Crippen molar-refractivity contribution in [3.05, 3.63) is 70.7 Å². The van der Waals surface area contributed by atoms with Crippen molar-refractivity contribution in [3.63, 3.8) is 0 Å². The second-order valence-corrected chi connectivity index (χ2v) is 4.51. The number of benzene rings is 1. The summed E-state index contributed by atoms with van der Waals surface area (Å²) < 4.78 is 0. The van der Waals surface area contributed by atoms with E-state index in [1.807, 2.05) is 30.3 Å². The summed E-state index contributed by atoms with van der Waals surface area (Å²) in [6.45, 7) is 0.319. The molecule has 0 aliphatic heterocycles. The van der Waals surface area contributed by atoms with Crippen molar-refractivity contribution >= 4 is 22.3 Å². The molecule has 7 heteroatoms. The van der Waals surface area contributed by atoms with Gasteiger partial charge in [-0.15, -0.1) is 5.11 Å². The van der Waals surface area contributed by atoms with Crippen molar-refractivity contribution in [2.24, 2.45) is 10.2 Å². The fraction of sp³-hybridized carbons (Fsp3) is 0.0667. The van der Waals surface area contributed by atoms with Crippen LogP contribution in [0.15, 0.2) is 65.1 Å². The van der Waals surface area contributed by atoms with E-state index in [2.05, 4.69) is 20.2 Å². The highest BCUT2D eigenvalue weighted by atomic mass is 16.6. The molecule has 3 rings (SSSR count). The lowest BCUT2D eigenvalue weighted by Gasteiger charge is -2.01. The Hall–Kier alpha value is -3.22. The Morgan fingerprint density at radius 1 is 1.09 bits per heavy atom. The molecular formula is C15H11N5O2. The topological polar surface area (TPSA) is 93.6 Å². The molecule has 108 valence electrons. The molecule has 0 aliphatic rings. The third kappa shape index (κ3) is 2.93. The number of hydrogen-bond donors (Lipinski definition) is 0. The molecule has 0 amide bonds. The third-order valence-electron chi connectivity index (χ3n) is 3.09. The van der Waals surface area contributed by atoms with E-state index < -0.39 is 4.92 Å². The Morgan fingerprint density at radius 2 is 1.95 bits per heavy atom. The molecule has 0 spiro atoms. The van der Waals surface area contributed by atoms with Gasteiger partial charge in [-0.05, 0) is 17.5 Å². The number of rotatable bonds is 4. The molecule has 0 unspecified atom stereocenters. The maximum absolute atomic E-state index is 10.5. The van der Waals surface area contributed by atoms with Gasteiger partial charge in [0.25, 0.3) is 5.69 Å². The van der Waals surface area contributed by atoms with E-state index in [1.165, 1.54) is 12.1 Å². The smallest absolute Gasteiger partial charge is 0.259 e. The van der Waals surface area contributed by atoms with Crippen LogP contribution in [0.2, 0.25) is 0 Å². The van der Waals surface area contributed by atoms with Crippen molar-refractivity contribution in [3.8, 4) is 0 Å². The van der Waals surface area contributed by atoms with Crippen molar-refractivity contribution in [1.82, 2.24) is 9.97 Å². The zero-order chi connectivity index (χ0) is 15.4. The summed E-state index contributed by atoms with van der Waals surface area (Å²) in [4.78, 5) is 18.2. The summed E-state index contributed by atoms with van der Waals surface area (Å²) in [5.74, 6) is 0.325. The minimum atomic E-state index is -0.506. The van der Waals surface area contributed by atoms with Crippen LogP contribution in [0.4, 0.5) is 11.5 Å². The molecule has 0 fully saturated rings. The zero-order valence-corrected chi connectivity index (χ0v) is 11.5. The largest absolute Gasteiger partial charge is 0.287 e. The lowest BCUT2D eigenvalue weighted by molar-refractivity contribution is -0.385. The molecule has 3 aromatic rings. The molecule has 0 saturated heterocycles. The number of fused-ring (bicyclic) bond motifs is 1. The molecular weight excluding hydrogens is 282 g/mol. The van der Waals surface area contributed by atoms with Gasteiger partial charge in [-0.2, -0.15) is 5.11 Å². The van der Waals surface area contributed by atoms with Gasteiger partial charge >= 0.3 is 0 Å². The van der Waals surface area contributed by atoms with Gasteiger partial charge < -0.3 is 0 Å². The van der Waals surface area contributed by atoms with E-state index >= 15 is 0 Å². The van der Waals surface area contributed by atoms with Gasteiger partial charge in [0.05, 0.1) is 10.6 Å². The Labute approximate surface area is 125 Å². The molecule has 0 bridgehead atoms. The standard InChI is InChI=1S/C15H11N5O2/c21-20(22)12-5-6-15(17-9-12)19-18-10-14-13-4-2-1-3-11(13)7-8-16-14/h1-9H,10H2. The third-order valence-corrected chi connectivity index (χ3v) is 3.09. The van der Waals surface area contributed by atoms with Crippen LogP contribution in [0, 0.1) is 10.1 Å². The van der Waals surface area contributed by atoms with Gasteiger partial charge in [0.15, 0.2) is 5.82 Å². The van der Waals surface area contributed by atoms with Gasteiger partial charge in [-0.3, -0.25) is 15.1 Å². The van der Waals surface area contributed by atoms with Crippen LogP contribution in [-0.4, -0.2) is 14.9 Å². The molecule has 0 atom stereocenters. The van der Waals surface area contributed by atoms with Gasteiger partial charge in [0.1, 0.15) is 12.7 Å². The summed E-state index contributed by atoms with van der Waals surface area (Å²) in [6, 6.07) is 12.6. The highest BCUT2D eigenvalue weighted by Crippen LogP contribution is 2.18. The number of azo groups is 1. The van der Waals surface area contributed by atoms with E-state index in [0.717, 1.165) is 22.7 Å². The molecule has 7 nitrogen and oxygen atoms in total. The Balaban J connectivity index is 1.77. The van der Waals surface area contributed by atoms with Gasteiger partial charge in [-0.25, -0.2) is 4.98 Å². The fourth-order valence-electron chi connectivity index (χ4n) is 2.03. The van der Waals surface area contributed by atoms with Crippen LogP contribution in [0.25, 0.3) is 10.8 Å². The van der Waals surface area contributed by atoms with Gasteiger partial charge in [0, 0.05) is 17.6 Å². The Kier molecular flexibility index (Phi) is 3.78. The Bertz CT molecular complexity index is 841. The quantitative estimate of drug-likeness (QED) is 0.415. The van der Waals surface area contributed by atoms with Gasteiger partial charge in [0.2, 0.25) is 0 Å². The monoisotopic (exact) mass is 293 g/mol. The second-order valence-electron chi connectivity index (χ2n) is 4.51. The predicted molar refractivity (Wildman–Crippen MR) is 80.9 cm³/mol. The summed E-state index contributed by atoms with van der Waals surface area (Å²) in [5.41, 5.74) is 0.749. The first-order valence-electron chi connectivity index (χ1n) is 6.54. The fourth-order valence-corrected chi connectivity index (χ4v) is 2.03.